The first-order valence-electron chi connectivity index (χ1n) is 9.50. The Balaban J connectivity index is 1.33. The first-order chi connectivity index (χ1) is 12.6. The van der Waals surface area contributed by atoms with Crippen LogP contribution in [0.25, 0.3) is 0 Å². The van der Waals surface area contributed by atoms with Crippen LogP contribution in [0, 0.1) is 0 Å². The Morgan fingerprint density at radius 3 is 2.73 bits per heavy atom. The van der Waals surface area contributed by atoms with Crippen molar-refractivity contribution in [2.75, 3.05) is 11.9 Å². The number of hydrogen-bond donors (Lipinski definition) is 2. The minimum Gasteiger partial charge on any atom is -0.323 e. The van der Waals surface area contributed by atoms with E-state index in [9.17, 15) is 14.4 Å². The van der Waals surface area contributed by atoms with Crippen molar-refractivity contribution in [2.45, 2.75) is 69.7 Å². The highest BCUT2D eigenvalue weighted by Gasteiger charge is 2.52. The Kier molecular flexibility index (Phi) is 4.69. The molecule has 7 nitrogen and oxygen atoms in total. The predicted octanol–water partition coefficient (Wildman–Crippen LogP) is 2.61. The molecule has 26 heavy (non-hydrogen) atoms. The second-order valence-corrected chi connectivity index (χ2v) is 8.51. The van der Waals surface area contributed by atoms with Gasteiger partial charge in [-0.1, -0.05) is 19.3 Å². The third-order valence-electron chi connectivity index (χ3n) is 5.61. The molecule has 140 valence electrons. The highest BCUT2D eigenvalue weighted by Crippen LogP contribution is 2.35. The summed E-state index contributed by atoms with van der Waals surface area (Å²) in [5.74, 6) is -0.379. The van der Waals surface area contributed by atoms with E-state index in [1.54, 1.807) is 11.3 Å². The van der Waals surface area contributed by atoms with Crippen LogP contribution < -0.4 is 10.6 Å². The second-order valence-electron chi connectivity index (χ2n) is 7.42. The minimum absolute atomic E-state index is 0.0967. The van der Waals surface area contributed by atoms with E-state index in [2.05, 4.69) is 15.6 Å². The van der Waals surface area contributed by atoms with Crippen molar-refractivity contribution in [3.8, 4) is 0 Å². The van der Waals surface area contributed by atoms with Crippen molar-refractivity contribution < 1.29 is 14.4 Å². The minimum atomic E-state index is -0.708. The van der Waals surface area contributed by atoms with E-state index in [1.807, 2.05) is 0 Å². The van der Waals surface area contributed by atoms with Crippen LogP contribution in [0.3, 0.4) is 0 Å². The van der Waals surface area contributed by atoms with Crippen LogP contribution in [0.5, 0.6) is 0 Å². The van der Waals surface area contributed by atoms with Crippen LogP contribution in [0.4, 0.5) is 9.93 Å². The lowest BCUT2D eigenvalue weighted by molar-refractivity contribution is -0.131. The number of nitrogens with one attached hydrogen (secondary N) is 2. The van der Waals surface area contributed by atoms with Gasteiger partial charge in [0, 0.05) is 17.8 Å². The molecule has 3 aliphatic rings. The van der Waals surface area contributed by atoms with Crippen molar-refractivity contribution in [3.05, 3.63) is 10.6 Å². The lowest BCUT2D eigenvalue weighted by Crippen LogP contribution is -2.44. The van der Waals surface area contributed by atoms with Crippen LogP contribution in [0.15, 0.2) is 0 Å². The number of fused-ring (bicyclic) bond motifs is 1. The number of imide groups is 1. The third-order valence-corrected chi connectivity index (χ3v) is 6.68. The maximum Gasteiger partial charge on any atom is 0.325 e. The van der Waals surface area contributed by atoms with E-state index in [0.29, 0.717) is 18.0 Å². The number of aryl methyl sites for hydroxylation is 2. The van der Waals surface area contributed by atoms with Gasteiger partial charge in [0.2, 0.25) is 5.91 Å². The number of hydrogen-bond acceptors (Lipinski definition) is 5. The number of aromatic nitrogens is 1. The summed E-state index contributed by atoms with van der Waals surface area (Å²) in [6, 6.07) is -0.370. The number of urea groups is 1. The molecule has 8 heteroatoms. The van der Waals surface area contributed by atoms with Gasteiger partial charge in [0.15, 0.2) is 5.13 Å². The molecule has 2 fully saturated rings. The summed E-state index contributed by atoms with van der Waals surface area (Å²) in [4.78, 5) is 44.0. The van der Waals surface area contributed by atoms with E-state index in [-0.39, 0.29) is 30.8 Å². The summed E-state index contributed by atoms with van der Waals surface area (Å²) >= 11 is 1.55. The number of amides is 4. The van der Waals surface area contributed by atoms with E-state index in [0.717, 1.165) is 37.8 Å². The fourth-order valence-electron chi connectivity index (χ4n) is 4.17. The number of carbonyl (C=O) groups excluding carboxylic acids is 3. The van der Waals surface area contributed by atoms with Crippen LogP contribution in [0.2, 0.25) is 0 Å². The number of anilines is 1. The van der Waals surface area contributed by atoms with Gasteiger partial charge in [-0.3, -0.25) is 14.5 Å². The maximum absolute atomic E-state index is 12.6. The van der Waals surface area contributed by atoms with Crippen molar-refractivity contribution in [1.82, 2.24) is 15.2 Å². The third kappa shape index (κ3) is 3.22. The van der Waals surface area contributed by atoms with Crippen LogP contribution in [-0.2, 0) is 22.4 Å². The van der Waals surface area contributed by atoms with Gasteiger partial charge in [0.25, 0.3) is 5.91 Å². The molecule has 0 radical (unpaired) electrons. The quantitative estimate of drug-likeness (QED) is 0.624. The van der Waals surface area contributed by atoms with Crippen LogP contribution in [-0.4, -0.2) is 39.8 Å². The van der Waals surface area contributed by atoms with Crippen molar-refractivity contribution in [1.29, 1.82) is 0 Å². The van der Waals surface area contributed by atoms with E-state index in [4.69, 9.17) is 0 Å². The van der Waals surface area contributed by atoms with Gasteiger partial charge in [-0.25, -0.2) is 9.78 Å². The van der Waals surface area contributed by atoms with Gasteiger partial charge < -0.3 is 10.6 Å². The zero-order valence-electron chi connectivity index (χ0n) is 14.8. The summed E-state index contributed by atoms with van der Waals surface area (Å²) < 4.78 is 0. The summed E-state index contributed by atoms with van der Waals surface area (Å²) in [6.45, 7) is 0.114. The molecule has 1 aromatic rings. The van der Waals surface area contributed by atoms with Gasteiger partial charge in [0.1, 0.15) is 5.54 Å². The molecule has 2 N–H and O–H groups in total. The summed E-state index contributed by atoms with van der Waals surface area (Å²) in [6.07, 6.45) is 8.98. The fraction of sp³-hybridized carbons (Fsp3) is 0.667. The smallest absolute Gasteiger partial charge is 0.323 e. The topological polar surface area (TPSA) is 91.4 Å². The molecule has 2 heterocycles. The average molecular weight is 376 g/mol. The first kappa shape index (κ1) is 17.5. The second kappa shape index (κ2) is 6.98. The maximum atomic E-state index is 12.6. The Morgan fingerprint density at radius 1 is 1.15 bits per heavy atom. The SMILES string of the molecule is O=C(CCN1C(=O)NC2(CCCC2)C1=O)Nc1nc2c(s1)CCCCC2. The van der Waals surface area contributed by atoms with Gasteiger partial charge in [-0.15, -0.1) is 11.3 Å². The Hall–Kier alpha value is -1.96. The number of carbonyl (C=O) groups is 3. The Bertz CT molecular complexity index is 715. The highest BCUT2D eigenvalue weighted by molar-refractivity contribution is 7.15. The average Bonchev–Trinajstić information content (AvgIpc) is 3.23. The summed E-state index contributed by atoms with van der Waals surface area (Å²) in [7, 11) is 0. The van der Waals surface area contributed by atoms with E-state index in [1.165, 1.54) is 22.6 Å². The van der Waals surface area contributed by atoms with Gasteiger partial charge in [-0.2, -0.15) is 0 Å². The lowest BCUT2D eigenvalue weighted by Gasteiger charge is -2.19. The Labute approximate surface area is 156 Å². The molecule has 4 rings (SSSR count). The van der Waals surface area contributed by atoms with Gasteiger partial charge >= 0.3 is 6.03 Å². The van der Waals surface area contributed by atoms with E-state index >= 15 is 0 Å². The number of nitrogens with zero attached hydrogens (tertiary/aromatic N) is 2. The molecular formula is C18H24N4O3S. The molecule has 1 aliphatic heterocycles. The number of thiazole rings is 1. The summed E-state index contributed by atoms with van der Waals surface area (Å²) in [5, 5.41) is 6.30. The molecule has 1 aromatic heterocycles. The van der Waals surface area contributed by atoms with Crippen molar-refractivity contribution in [2.24, 2.45) is 0 Å². The van der Waals surface area contributed by atoms with Gasteiger partial charge in [0.05, 0.1) is 5.69 Å². The largest absolute Gasteiger partial charge is 0.325 e. The van der Waals surface area contributed by atoms with Crippen molar-refractivity contribution >= 4 is 34.3 Å². The first-order valence-corrected chi connectivity index (χ1v) is 10.3. The molecule has 1 saturated carbocycles. The monoisotopic (exact) mass is 376 g/mol. The standard InChI is InChI=1S/C18H24N4O3S/c23-14(20-16-19-12-6-2-1-3-7-13(12)26-16)8-11-22-15(24)18(21-17(22)25)9-4-5-10-18/h1-11H2,(H,21,25)(H,19,20,23). The fourth-order valence-corrected chi connectivity index (χ4v) is 5.24. The van der Waals surface area contributed by atoms with Gasteiger partial charge in [-0.05, 0) is 38.5 Å². The van der Waals surface area contributed by atoms with Crippen LogP contribution >= 0.6 is 11.3 Å². The predicted molar refractivity (Wildman–Crippen MR) is 98.1 cm³/mol. The molecule has 1 saturated heterocycles. The number of rotatable bonds is 4. The molecule has 0 unspecified atom stereocenters. The van der Waals surface area contributed by atoms with E-state index < -0.39 is 5.54 Å². The Morgan fingerprint density at radius 2 is 1.92 bits per heavy atom. The lowest BCUT2D eigenvalue weighted by atomic mass is 9.98. The zero-order chi connectivity index (χ0) is 18.1. The normalized spacial score (nSPS) is 21.6. The molecule has 0 bridgehead atoms. The summed E-state index contributed by atoms with van der Waals surface area (Å²) in [5.41, 5.74) is 0.403. The molecular weight excluding hydrogens is 352 g/mol. The van der Waals surface area contributed by atoms with Crippen molar-refractivity contribution in [3.63, 3.8) is 0 Å². The van der Waals surface area contributed by atoms with Crippen LogP contribution in [0.1, 0.15) is 61.9 Å². The highest BCUT2D eigenvalue weighted by atomic mass is 32.1. The molecule has 4 amide bonds. The molecule has 0 aromatic carbocycles. The zero-order valence-corrected chi connectivity index (χ0v) is 15.6. The molecule has 1 spiro atoms. The molecule has 2 aliphatic carbocycles. The molecule has 0 atom stereocenters.